The minimum absolute atomic E-state index is 0.0145. The summed E-state index contributed by atoms with van der Waals surface area (Å²) in [6.45, 7) is 6.61. The van der Waals surface area contributed by atoms with Gasteiger partial charge in [0, 0.05) is 0 Å². The molecule has 0 aliphatic rings. The molecule has 37 heavy (non-hydrogen) atoms. The molecule has 202 valence electrons. The number of ether oxygens (including phenoxy) is 4. The molecule has 0 aromatic heterocycles. The summed E-state index contributed by atoms with van der Waals surface area (Å²) in [5.74, 6) is -0.771. The number of benzene rings is 2. The molecule has 2 atom stereocenters. The summed E-state index contributed by atoms with van der Waals surface area (Å²) in [5, 5.41) is 12.9. The van der Waals surface area contributed by atoms with Crippen LogP contribution in [0.15, 0.2) is 54.6 Å². The largest absolute Gasteiger partial charge is 0.497 e. The van der Waals surface area contributed by atoms with Crippen LogP contribution >= 0.6 is 0 Å². The van der Waals surface area contributed by atoms with Crippen molar-refractivity contribution < 1.29 is 38.4 Å². The lowest BCUT2D eigenvalue weighted by Crippen LogP contribution is -2.46. The Morgan fingerprint density at radius 2 is 1.49 bits per heavy atom. The topological polar surface area (TPSA) is 120 Å². The van der Waals surface area contributed by atoms with E-state index in [9.17, 15) is 19.5 Å². The van der Waals surface area contributed by atoms with Gasteiger partial charge in [-0.3, -0.25) is 4.79 Å². The van der Waals surface area contributed by atoms with Gasteiger partial charge in [0.1, 0.15) is 31.6 Å². The molecule has 0 radical (unpaired) electrons. The Morgan fingerprint density at radius 3 is 2.08 bits per heavy atom. The maximum Gasteiger partial charge on any atom is 0.408 e. The summed E-state index contributed by atoms with van der Waals surface area (Å²) in [6, 6.07) is 15.3. The van der Waals surface area contributed by atoms with Crippen LogP contribution in [0, 0.1) is 11.3 Å². The maximum absolute atomic E-state index is 12.6. The maximum atomic E-state index is 12.6. The van der Waals surface area contributed by atoms with Crippen LogP contribution in [-0.4, -0.2) is 49.0 Å². The molecule has 0 heterocycles. The second-order valence-corrected chi connectivity index (χ2v) is 9.72. The van der Waals surface area contributed by atoms with Gasteiger partial charge in [0.25, 0.3) is 0 Å². The molecule has 1 amide bonds. The Bertz CT molecular complexity index is 1000. The number of esters is 2. The van der Waals surface area contributed by atoms with Crippen molar-refractivity contribution in [1.29, 1.82) is 0 Å². The summed E-state index contributed by atoms with van der Waals surface area (Å²) < 4.78 is 20.9. The van der Waals surface area contributed by atoms with Crippen LogP contribution in [0.5, 0.6) is 5.75 Å². The number of rotatable bonds is 13. The second kappa shape index (κ2) is 14.2. The van der Waals surface area contributed by atoms with Gasteiger partial charge in [-0.2, -0.15) is 0 Å². The van der Waals surface area contributed by atoms with Crippen molar-refractivity contribution in [1.82, 2.24) is 5.32 Å². The summed E-state index contributed by atoms with van der Waals surface area (Å²) in [7, 11) is 1.57. The molecule has 1 unspecified atom stereocenters. The number of hydrogen-bond donors (Lipinski definition) is 2. The third kappa shape index (κ3) is 10.1. The van der Waals surface area contributed by atoms with E-state index < -0.39 is 35.6 Å². The fraction of sp³-hybridized carbons (Fsp3) is 0.464. The first-order chi connectivity index (χ1) is 17.5. The van der Waals surface area contributed by atoms with E-state index in [4.69, 9.17) is 18.9 Å². The Hall–Kier alpha value is -3.59. The van der Waals surface area contributed by atoms with Crippen LogP contribution in [-0.2, 0) is 37.0 Å². The molecule has 2 aromatic rings. The molecule has 9 heteroatoms. The first kappa shape index (κ1) is 29.6. The predicted octanol–water partition coefficient (Wildman–Crippen LogP) is 4.01. The number of carbonyl (C=O) groups is 3. The number of aliphatic hydroxyl groups excluding tert-OH is 1. The van der Waals surface area contributed by atoms with Crippen molar-refractivity contribution in [3.05, 3.63) is 65.7 Å². The smallest absolute Gasteiger partial charge is 0.408 e. The van der Waals surface area contributed by atoms with Crippen LogP contribution < -0.4 is 10.1 Å². The lowest BCUT2D eigenvalue weighted by atomic mass is 9.87. The number of methoxy groups -OCH3 is 1. The van der Waals surface area contributed by atoms with Crippen LogP contribution in [0.25, 0.3) is 0 Å². The summed E-state index contributed by atoms with van der Waals surface area (Å²) in [4.78, 5) is 37.4. The number of aliphatic hydroxyl groups is 1. The van der Waals surface area contributed by atoms with Gasteiger partial charge >= 0.3 is 18.0 Å². The van der Waals surface area contributed by atoms with E-state index in [-0.39, 0.29) is 32.2 Å². The predicted molar refractivity (Wildman–Crippen MR) is 137 cm³/mol. The van der Waals surface area contributed by atoms with Crippen molar-refractivity contribution in [3.63, 3.8) is 0 Å². The molecular weight excluding hydrogens is 478 g/mol. The third-order valence-corrected chi connectivity index (χ3v) is 5.65. The fourth-order valence-electron chi connectivity index (χ4n) is 3.45. The summed E-state index contributed by atoms with van der Waals surface area (Å²) in [6.07, 6.45) is -1.84. The zero-order valence-corrected chi connectivity index (χ0v) is 22.1. The average molecular weight is 516 g/mol. The molecule has 0 aliphatic carbocycles. The number of hydrogen-bond acceptors (Lipinski definition) is 8. The number of amides is 1. The molecule has 2 rings (SSSR count). The normalized spacial score (nSPS) is 12.8. The van der Waals surface area contributed by atoms with E-state index >= 15 is 0 Å². The number of alkyl carbamates (subject to hydrolysis) is 1. The van der Waals surface area contributed by atoms with Crippen molar-refractivity contribution in [2.75, 3.05) is 13.7 Å². The average Bonchev–Trinajstić information content (AvgIpc) is 2.88. The van der Waals surface area contributed by atoms with E-state index in [2.05, 4.69) is 5.32 Å². The van der Waals surface area contributed by atoms with E-state index in [0.717, 1.165) is 11.1 Å². The monoisotopic (exact) mass is 515 g/mol. The number of nitrogens with one attached hydrogen (secondary N) is 1. The van der Waals surface area contributed by atoms with Gasteiger partial charge in [-0.1, -0.05) is 56.3 Å². The van der Waals surface area contributed by atoms with Crippen LogP contribution in [0.3, 0.4) is 0 Å². The third-order valence-electron chi connectivity index (χ3n) is 5.65. The number of carbonyl (C=O) groups excluding carboxylic acids is 3. The Kier molecular flexibility index (Phi) is 11.4. The molecule has 0 spiro atoms. The highest BCUT2D eigenvalue weighted by Crippen LogP contribution is 2.25. The van der Waals surface area contributed by atoms with Gasteiger partial charge in [-0.05, 0) is 49.4 Å². The van der Waals surface area contributed by atoms with E-state index in [1.165, 1.54) is 0 Å². The van der Waals surface area contributed by atoms with Crippen molar-refractivity contribution >= 4 is 18.0 Å². The molecule has 0 aliphatic heterocycles. The Labute approximate surface area is 218 Å². The van der Waals surface area contributed by atoms with E-state index in [1.807, 2.05) is 30.3 Å². The highest BCUT2D eigenvalue weighted by molar-refractivity contribution is 5.81. The van der Waals surface area contributed by atoms with Gasteiger partial charge in [-0.15, -0.1) is 0 Å². The zero-order chi connectivity index (χ0) is 27.4. The molecule has 0 bridgehead atoms. The highest BCUT2D eigenvalue weighted by atomic mass is 16.6. The van der Waals surface area contributed by atoms with Crippen LogP contribution in [0.2, 0.25) is 0 Å². The molecule has 0 saturated carbocycles. The van der Waals surface area contributed by atoms with Gasteiger partial charge in [0.05, 0.1) is 18.6 Å². The minimum atomic E-state index is -1.11. The molecule has 9 nitrogen and oxygen atoms in total. The van der Waals surface area contributed by atoms with Crippen LogP contribution in [0.4, 0.5) is 4.79 Å². The molecule has 2 aromatic carbocycles. The van der Waals surface area contributed by atoms with E-state index in [1.54, 1.807) is 59.1 Å². The Morgan fingerprint density at radius 1 is 0.892 bits per heavy atom. The standard InChI is InChI=1S/C28H37NO8/c1-19(2)24(29-27(33)37-17-20-9-7-6-8-10-20)25(31)35-18-22(30)15-28(3,4)26(32)36-16-21-11-13-23(34-5)14-12-21/h6-14,19,22,24,30H,15-18H2,1-5H3,(H,29,33)/t22?,24-/m0/s1. The van der Waals surface area contributed by atoms with Gasteiger partial charge in [-0.25, -0.2) is 9.59 Å². The first-order valence-electron chi connectivity index (χ1n) is 12.1. The molecular formula is C28H37NO8. The molecule has 0 fully saturated rings. The van der Waals surface area contributed by atoms with Gasteiger partial charge in [0.2, 0.25) is 0 Å². The first-order valence-corrected chi connectivity index (χ1v) is 12.1. The lowest BCUT2D eigenvalue weighted by molar-refractivity contribution is -0.158. The van der Waals surface area contributed by atoms with Crippen molar-refractivity contribution in [2.45, 2.75) is 59.5 Å². The van der Waals surface area contributed by atoms with E-state index in [0.29, 0.717) is 5.75 Å². The van der Waals surface area contributed by atoms with Gasteiger partial charge in [0.15, 0.2) is 0 Å². The zero-order valence-electron chi connectivity index (χ0n) is 22.1. The quantitative estimate of drug-likeness (QED) is 0.303. The minimum Gasteiger partial charge on any atom is -0.497 e. The fourth-order valence-corrected chi connectivity index (χ4v) is 3.45. The second-order valence-electron chi connectivity index (χ2n) is 9.72. The molecule has 0 saturated heterocycles. The lowest BCUT2D eigenvalue weighted by Gasteiger charge is -2.26. The SMILES string of the molecule is COc1ccc(COC(=O)C(C)(C)CC(O)COC(=O)[C@@H](NC(=O)OCc2ccccc2)C(C)C)cc1. The van der Waals surface area contributed by atoms with Gasteiger partial charge < -0.3 is 29.4 Å². The van der Waals surface area contributed by atoms with Crippen LogP contribution in [0.1, 0.15) is 45.2 Å². The molecule has 2 N–H and O–H groups in total. The highest BCUT2D eigenvalue weighted by Gasteiger charge is 2.33. The van der Waals surface area contributed by atoms with Crippen molar-refractivity contribution in [2.24, 2.45) is 11.3 Å². The summed E-state index contributed by atoms with van der Waals surface area (Å²) in [5.41, 5.74) is 0.596. The van der Waals surface area contributed by atoms with Crippen molar-refractivity contribution in [3.8, 4) is 5.75 Å². The summed E-state index contributed by atoms with van der Waals surface area (Å²) >= 11 is 0. The Balaban J connectivity index is 1.79.